The van der Waals surface area contributed by atoms with Crippen molar-refractivity contribution in [1.29, 1.82) is 0 Å². The van der Waals surface area contributed by atoms with Gasteiger partial charge in [0.05, 0.1) is 5.56 Å². The normalized spacial score (nSPS) is 13.4. The molecule has 0 aromatic heterocycles. The van der Waals surface area contributed by atoms with E-state index in [1.165, 1.54) is 12.1 Å². The number of aliphatic hydroxyl groups excluding tert-OH is 1. The van der Waals surface area contributed by atoms with E-state index in [1.54, 1.807) is 19.1 Å². The Kier molecular flexibility index (Phi) is 4.60. The highest BCUT2D eigenvalue weighted by Crippen LogP contribution is 2.09. The molecule has 0 saturated heterocycles. The minimum atomic E-state index is -2.33. The van der Waals surface area contributed by atoms with Gasteiger partial charge in [0.25, 0.3) is 0 Å². The minimum absolute atomic E-state index is 0.0643. The van der Waals surface area contributed by atoms with E-state index < -0.39 is 30.1 Å². The maximum Gasteiger partial charge on any atom is 0.348 e. The van der Waals surface area contributed by atoms with Crippen LogP contribution in [-0.2, 0) is 14.3 Å². The van der Waals surface area contributed by atoms with E-state index in [2.05, 4.69) is 4.74 Å². The molecule has 0 aliphatic carbocycles. The second-order valence-electron chi connectivity index (χ2n) is 3.81. The zero-order valence-corrected chi connectivity index (χ0v) is 9.94. The van der Waals surface area contributed by atoms with Crippen molar-refractivity contribution in [2.45, 2.75) is 19.1 Å². The van der Waals surface area contributed by atoms with Gasteiger partial charge in [-0.05, 0) is 19.1 Å². The fourth-order valence-corrected chi connectivity index (χ4v) is 1.25. The molecule has 0 aliphatic rings. The summed E-state index contributed by atoms with van der Waals surface area (Å²) in [4.78, 5) is 32.9. The van der Waals surface area contributed by atoms with Gasteiger partial charge in [0.2, 0.25) is 6.10 Å². The first kappa shape index (κ1) is 14.7. The second kappa shape index (κ2) is 5.96. The Morgan fingerprint density at radius 1 is 1.05 bits per heavy atom. The molecule has 0 heterocycles. The van der Waals surface area contributed by atoms with Crippen LogP contribution in [0.3, 0.4) is 0 Å². The lowest BCUT2D eigenvalue weighted by molar-refractivity contribution is -0.166. The Balaban J connectivity index is 2.85. The zero-order chi connectivity index (χ0) is 14.6. The first-order valence-electron chi connectivity index (χ1n) is 5.24. The van der Waals surface area contributed by atoms with Crippen molar-refractivity contribution in [2.24, 2.45) is 0 Å². The van der Waals surface area contributed by atoms with Crippen molar-refractivity contribution >= 4 is 17.9 Å². The van der Waals surface area contributed by atoms with Crippen molar-refractivity contribution in [3.05, 3.63) is 35.4 Å². The fraction of sp³-hybridized carbons (Fsp3) is 0.250. The highest BCUT2D eigenvalue weighted by Gasteiger charge is 2.35. The van der Waals surface area contributed by atoms with Gasteiger partial charge >= 0.3 is 17.9 Å². The third kappa shape index (κ3) is 3.78. The Morgan fingerprint density at radius 3 is 2.00 bits per heavy atom. The van der Waals surface area contributed by atoms with E-state index in [0.29, 0.717) is 0 Å². The van der Waals surface area contributed by atoms with Gasteiger partial charge in [0.15, 0.2) is 6.10 Å². The number of aliphatic carboxylic acids is 2. The summed E-state index contributed by atoms with van der Waals surface area (Å²) in [6.45, 7) is 1.79. The molecule has 3 N–H and O–H groups in total. The summed E-state index contributed by atoms with van der Waals surface area (Å²) in [6, 6.07) is 6.04. The number of hydrogen-bond donors (Lipinski definition) is 3. The highest BCUT2D eigenvalue weighted by molar-refractivity contribution is 5.92. The van der Waals surface area contributed by atoms with Gasteiger partial charge in [-0.3, -0.25) is 0 Å². The van der Waals surface area contributed by atoms with E-state index in [9.17, 15) is 14.4 Å². The molecule has 0 amide bonds. The summed E-state index contributed by atoms with van der Waals surface area (Å²) in [5.41, 5.74) is 0.950. The lowest BCUT2D eigenvalue weighted by Gasteiger charge is -2.16. The Labute approximate surface area is 108 Å². The predicted molar refractivity (Wildman–Crippen MR) is 61.7 cm³/mol. The average molecular weight is 268 g/mol. The van der Waals surface area contributed by atoms with E-state index >= 15 is 0 Å². The molecular formula is C12H12O7. The summed E-state index contributed by atoms with van der Waals surface area (Å²) in [6.07, 6.45) is -4.49. The number of aryl methyl sites for hydroxylation is 1. The summed E-state index contributed by atoms with van der Waals surface area (Å²) in [5, 5.41) is 26.4. The molecule has 1 rings (SSSR count). The largest absolute Gasteiger partial charge is 0.479 e. The number of esters is 1. The lowest BCUT2D eigenvalue weighted by Crippen LogP contribution is -2.43. The number of benzene rings is 1. The number of hydrogen-bond acceptors (Lipinski definition) is 5. The monoisotopic (exact) mass is 268 g/mol. The summed E-state index contributed by atoms with van der Waals surface area (Å²) < 4.78 is 4.49. The van der Waals surface area contributed by atoms with Crippen LogP contribution in [0.1, 0.15) is 15.9 Å². The van der Waals surface area contributed by atoms with E-state index in [4.69, 9.17) is 15.3 Å². The van der Waals surface area contributed by atoms with Crippen LogP contribution < -0.4 is 0 Å². The Morgan fingerprint density at radius 2 is 1.58 bits per heavy atom. The van der Waals surface area contributed by atoms with Crippen LogP contribution in [0.2, 0.25) is 0 Å². The van der Waals surface area contributed by atoms with E-state index in [1.807, 2.05) is 0 Å². The molecule has 19 heavy (non-hydrogen) atoms. The molecule has 0 fully saturated rings. The second-order valence-corrected chi connectivity index (χ2v) is 3.81. The first-order valence-corrected chi connectivity index (χ1v) is 5.24. The average Bonchev–Trinajstić information content (AvgIpc) is 2.35. The zero-order valence-electron chi connectivity index (χ0n) is 9.94. The minimum Gasteiger partial charge on any atom is -0.479 e. The molecule has 0 bridgehead atoms. The first-order chi connectivity index (χ1) is 8.82. The van der Waals surface area contributed by atoms with Crippen molar-refractivity contribution in [2.75, 3.05) is 0 Å². The van der Waals surface area contributed by atoms with Crippen molar-refractivity contribution in [3.8, 4) is 0 Å². The predicted octanol–water partition coefficient (Wildman–Crippen LogP) is 0.0505. The number of rotatable bonds is 5. The topological polar surface area (TPSA) is 121 Å². The molecular weight excluding hydrogens is 256 g/mol. The van der Waals surface area contributed by atoms with Crippen LogP contribution in [0, 0.1) is 6.92 Å². The summed E-state index contributed by atoms with van der Waals surface area (Å²) in [7, 11) is 0. The third-order valence-electron chi connectivity index (χ3n) is 2.30. The number of carbonyl (C=O) groups excluding carboxylic acids is 1. The SMILES string of the molecule is Cc1ccc(C(=O)O[C@@H](C(=O)O)[C@@H](O)C(=O)O)cc1. The number of carbonyl (C=O) groups is 3. The number of ether oxygens (including phenoxy) is 1. The highest BCUT2D eigenvalue weighted by atomic mass is 16.6. The number of aliphatic hydroxyl groups is 1. The number of carboxylic acid groups (broad SMARTS) is 2. The maximum absolute atomic E-state index is 11.6. The molecule has 0 saturated carbocycles. The van der Waals surface area contributed by atoms with Crippen LogP contribution in [0.25, 0.3) is 0 Å². The molecule has 0 aliphatic heterocycles. The van der Waals surface area contributed by atoms with Crippen molar-refractivity contribution < 1.29 is 34.4 Å². The summed E-state index contributed by atoms with van der Waals surface area (Å²) in [5.74, 6) is -4.55. The van der Waals surface area contributed by atoms with Gasteiger partial charge in [-0.25, -0.2) is 14.4 Å². The molecule has 1 aromatic carbocycles. The van der Waals surface area contributed by atoms with Gasteiger partial charge < -0.3 is 20.1 Å². The smallest absolute Gasteiger partial charge is 0.348 e. The van der Waals surface area contributed by atoms with Crippen LogP contribution in [-0.4, -0.2) is 45.4 Å². The standard InChI is InChI=1S/C12H12O7/c1-6-2-4-7(5-3-6)12(18)19-9(11(16)17)8(13)10(14)15/h2-5,8-9,13H,1H3,(H,14,15)(H,16,17)/t8-,9-/m1/s1. The number of carboxylic acids is 2. The Bertz CT molecular complexity index is 491. The molecule has 102 valence electrons. The van der Waals surface area contributed by atoms with Crippen LogP contribution in [0.5, 0.6) is 0 Å². The molecule has 0 radical (unpaired) electrons. The van der Waals surface area contributed by atoms with Gasteiger partial charge in [-0.15, -0.1) is 0 Å². The quantitative estimate of drug-likeness (QED) is 0.645. The van der Waals surface area contributed by atoms with Gasteiger partial charge in [-0.1, -0.05) is 17.7 Å². The summed E-state index contributed by atoms with van der Waals surface area (Å²) >= 11 is 0. The van der Waals surface area contributed by atoms with Gasteiger partial charge in [0, 0.05) is 0 Å². The Hall–Kier alpha value is -2.41. The fourth-order valence-electron chi connectivity index (χ4n) is 1.25. The van der Waals surface area contributed by atoms with Crippen LogP contribution >= 0.6 is 0 Å². The maximum atomic E-state index is 11.6. The molecule has 7 nitrogen and oxygen atoms in total. The van der Waals surface area contributed by atoms with Crippen molar-refractivity contribution in [1.82, 2.24) is 0 Å². The molecule has 7 heteroatoms. The van der Waals surface area contributed by atoms with E-state index in [-0.39, 0.29) is 5.56 Å². The lowest BCUT2D eigenvalue weighted by atomic mass is 10.1. The van der Waals surface area contributed by atoms with E-state index in [0.717, 1.165) is 5.56 Å². The molecule has 2 atom stereocenters. The molecule has 1 aromatic rings. The molecule has 0 unspecified atom stereocenters. The van der Waals surface area contributed by atoms with Crippen molar-refractivity contribution in [3.63, 3.8) is 0 Å². The third-order valence-corrected chi connectivity index (χ3v) is 2.30. The van der Waals surface area contributed by atoms with Gasteiger partial charge in [-0.2, -0.15) is 0 Å². The van der Waals surface area contributed by atoms with Crippen LogP contribution in [0.4, 0.5) is 0 Å². The molecule has 0 spiro atoms. The van der Waals surface area contributed by atoms with Crippen LogP contribution in [0.15, 0.2) is 24.3 Å². The van der Waals surface area contributed by atoms with Gasteiger partial charge in [0.1, 0.15) is 0 Å².